The molecule has 2 fully saturated rings. The number of hydrogen-bond donors (Lipinski definition) is 2. The molecule has 2 saturated heterocycles. The zero-order chi connectivity index (χ0) is 25.0. The number of nitrogens with one attached hydrogen (secondary N) is 2. The second-order valence-electron chi connectivity index (χ2n) is 8.66. The molecule has 2 aliphatic rings. The van der Waals surface area contributed by atoms with E-state index < -0.39 is 30.4 Å². The van der Waals surface area contributed by atoms with Gasteiger partial charge in [0.1, 0.15) is 23.9 Å². The Bertz CT molecular complexity index is 941. The fourth-order valence-corrected chi connectivity index (χ4v) is 4.54. The lowest BCUT2D eigenvalue weighted by Crippen LogP contribution is -2.54. The van der Waals surface area contributed by atoms with Crippen LogP contribution in [0.3, 0.4) is 0 Å². The Hall–Kier alpha value is -3.14. The molecule has 186 valence electrons. The molecule has 0 aliphatic carbocycles. The standard InChI is InChI=1S/C24H33N3O7/c1-6-33-24-17(12-19(28)34-24)26-22(30)18-8-7-9-27(18)23(31)15(4)25-21(29)16-10-13(2)20(32-5)14(3)11-16/h10-11,15,17-18,24H,6-9,12H2,1-5H3,(H,25,29)(H,26,30)/t15-,17-,18-,24?/m0/s1. The Balaban J connectivity index is 1.63. The van der Waals surface area contributed by atoms with E-state index in [9.17, 15) is 19.2 Å². The SMILES string of the molecule is CCOC1OC(=O)C[C@@H]1NC(=O)[C@@H]1CCCN1C(=O)[C@H](C)NC(=O)c1cc(C)c(OC)c(C)c1. The molecule has 2 heterocycles. The van der Waals surface area contributed by atoms with Gasteiger partial charge < -0.3 is 29.7 Å². The molecule has 1 aromatic carbocycles. The molecule has 3 rings (SSSR count). The Morgan fingerprint density at radius 2 is 1.91 bits per heavy atom. The Kier molecular flexibility index (Phi) is 8.14. The summed E-state index contributed by atoms with van der Waals surface area (Å²) >= 11 is 0. The third-order valence-electron chi connectivity index (χ3n) is 6.10. The third-order valence-corrected chi connectivity index (χ3v) is 6.10. The van der Waals surface area contributed by atoms with E-state index >= 15 is 0 Å². The molecule has 2 aliphatic heterocycles. The molecule has 10 nitrogen and oxygen atoms in total. The van der Waals surface area contributed by atoms with Gasteiger partial charge in [-0.2, -0.15) is 0 Å². The van der Waals surface area contributed by atoms with Gasteiger partial charge in [-0.15, -0.1) is 0 Å². The van der Waals surface area contributed by atoms with Crippen molar-refractivity contribution in [3.05, 3.63) is 28.8 Å². The van der Waals surface area contributed by atoms with E-state index in [1.165, 1.54) is 4.90 Å². The summed E-state index contributed by atoms with van der Waals surface area (Å²) in [4.78, 5) is 52.0. The van der Waals surface area contributed by atoms with Crippen LogP contribution in [-0.2, 0) is 23.9 Å². The number of rotatable bonds is 8. The number of carbonyl (C=O) groups excluding carboxylic acids is 4. The predicted molar refractivity (Wildman–Crippen MR) is 122 cm³/mol. The number of nitrogens with zero attached hydrogens (tertiary/aromatic N) is 1. The number of likely N-dealkylation sites (tertiary alicyclic amines) is 1. The minimum atomic E-state index is -0.832. The highest BCUT2D eigenvalue weighted by Gasteiger charge is 2.41. The van der Waals surface area contributed by atoms with Crippen molar-refractivity contribution in [2.75, 3.05) is 20.3 Å². The van der Waals surface area contributed by atoms with E-state index in [2.05, 4.69) is 10.6 Å². The van der Waals surface area contributed by atoms with Crippen molar-refractivity contribution in [2.45, 2.75) is 71.4 Å². The highest BCUT2D eigenvalue weighted by atomic mass is 16.7. The monoisotopic (exact) mass is 475 g/mol. The molecule has 0 bridgehead atoms. The van der Waals surface area contributed by atoms with Gasteiger partial charge in [-0.1, -0.05) is 0 Å². The molecule has 2 N–H and O–H groups in total. The smallest absolute Gasteiger partial charge is 0.310 e. The number of cyclic esters (lactones) is 1. The normalized spacial score (nSPS) is 22.8. The van der Waals surface area contributed by atoms with Crippen LogP contribution in [0.15, 0.2) is 12.1 Å². The average molecular weight is 476 g/mol. The van der Waals surface area contributed by atoms with Crippen LogP contribution in [0.25, 0.3) is 0 Å². The van der Waals surface area contributed by atoms with Crippen LogP contribution in [0.4, 0.5) is 0 Å². The lowest BCUT2D eigenvalue weighted by Gasteiger charge is -2.28. The van der Waals surface area contributed by atoms with E-state index in [0.29, 0.717) is 37.3 Å². The predicted octanol–water partition coefficient (Wildman–Crippen LogP) is 1.22. The van der Waals surface area contributed by atoms with Crippen molar-refractivity contribution < 1.29 is 33.4 Å². The number of amides is 3. The first-order valence-corrected chi connectivity index (χ1v) is 11.5. The van der Waals surface area contributed by atoms with Gasteiger partial charge in [0.05, 0.1) is 13.5 Å². The fourth-order valence-electron chi connectivity index (χ4n) is 4.54. The molecule has 0 saturated carbocycles. The van der Waals surface area contributed by atoms with Crippen molar-refractivity contribution in [1.29, 1.82) is 0 Å². The van der Waals surface area contributed by atoms with Crippen molar-refractivity contribution in [1.82, 2.24) is 15.5 Å². The van der Waals surface area contributed by atoms with E-state index in [1.807, 2.05) is 13.8 Å². The maximum absolute atomic E-state index is 13.1. The van der Waals surface area contributed by atoms with Crippen LogP contribution < -0.4 is 15.4 Å². The number of esters is 1. The lowest BCUT2D eigenvalue weighted by atomic mass is 10.0. The van der Waals surface area contributed by atoms with Crippen LogP contribution in [0.2, 0.25) is 0 Å². The molecular formula is C24H33N3O7. The largest absolute Gasteiger partial charge is 0.496 e. The molecule has 3 amide bonds. The van der Waals surface area contributed by atoms with Crippen LogP contribution in [0.5, 0.6) is 5.75 Å². The van der Waals surface area contributed by atoms with Gasteiger partial charge in [0.15, 0.2) is 0 Å². The first kappa shape index (κ1) is 25.5. The highest BCUT2D eigenvalue weighted by Crippen LogP contribution is 2.25. The first-order chi connectivity index (χ1) is 16.2. The average Bonchev–Trinajstić information content (AvgIpc) is 3.40. The Labute approximate surface area is 199 Å². The zero-order valence-electron chi connectivity index (χ0n) is 20.3. The summed E-state index contributed by atoms with van der Waals surface area (Å²) < 4.78 is 15.8. The van der Waals surface area contributed by atoms with Crippen LogP contribution in [0.1, 0.15) is 54.6 Å². The summed E-state index contributed by atoms with van der Waals surface area (Å²) in [6, 6.07) is 1.32. The molecule has 0 spiro atoms. The summed E-state index contributed by atoms with van der Waals surface area (Å²) in [5.74, 6) is -0.807. The number of hydrogen-bond acceptors (Lipinski definition) is 7. The van der Waals surface area contributed by atoms with Gasteiger partial charge >= 0.3 is 5.97 Å². The number of aryl methyl sites for hydroxylation is 2. The van der Waals surface area contributed by atoms with Gasteiger partial charge in [0.25, 0.3) is 5.91 Å². The van der Waals surface area contributed by atoms with Gasteiger partial charge in [-0.05, 0) is 63.8 Å². The second-order valence-corrected chi connectivity index (χ2v) is 8.66. The number of ether oxygens (including phenoxy) is 3. The van der Waals surface area contributed by atoms with E-state index in [1.54, 1.807) is 33.1 Å². The Morgan fingerprint density at radius 1 is 1.24 bits per heavy atom. The minimum Gasteiger partial charge on any atom is -0.496 e. The van der Waals surface area contributed by atoms with Crippen LogP contribution in [-0.4, -0.2) is 73.3 Å². The van der Waals surface area contributed by atoms with E-state index in [0.717, 1.165) is 11.1 Å². The van der Waals surface area contributed by atoms with Gasteiger partial charge in [-0.3, -0.25) is 19.2 Å². The molecule has 0 radical (unpaired) electrons. The van der Waals surface area contributed by atoms with Crippen molar-refractivity contribution in [3.8, 4) is 5.75 Å². The van der Waals surface area contributed by atoms with Crippen molar-refractivity contribution >= 4 is 23.7 Å². The van der Waals surface area contributed by atoms with Crippen molar-refractivity contribution in [3.63, 3.8) is 0 Å². The second kappa shape index (κ2) is 10.9. The van der Waals surface area contributed by atoms with Gasteiger partial charge in [0, 0.05) is 18.7 Å². The molecule has 0 aromatic heterocycles. The molecule has 1 unspecified atom stereocenters. The van der Waals surface area contributed by atoms with Gasteiger partial charge in [0.2, 0.25) is 18.1 Å². The molecule has 10 heteroatoms. The zero-order valence-corrected chi connectivity index (χ0v) is 20.3. The lowest BCUT2D eigenvalue weighted by molar-refractivity contribution is -0.164. The highest BCUT2D eigenvalue weighted by molar-refractivity contribution is 5.99. The topological polar surface area (TPSA) is 123 Å². The molecule has 34 heavy (non-hydrogen) atoms. The third kappa shape index (κ3) is 5.49. The maximum Gasteiger partial charge on any atom is 0.310 e. The molecular weight excluding hydrogens is 442 g/mol. The maximum atomic E-state index is 13.1. The minimum absolute atomic E-state index is 0.0181. The number of benzene rings is 1. The van der Waals surface area contributed by atoms with Crippen LogP contribution in [0, 0.1) is 13.8 Å². The van der Waals surface area contributed by atoms with Gasteiger partial charge in [-0.25, -0.2) is 0 Å². The fraction of sp³-hybridized carbons (Fsp3) is 0.583. The van der Waals surface area contributed by atoms with E-state index in [-0.39, 0.29) is 24.1 Å². The first-order valence-electron chi connectivity index (χ1n) is 11.5. The summed E-state index contributed by atoms with van der Waals surface area (Å²) in [6.45, 7) is 7.82. The number of carbonyl (C=O) groups is 4. The summed E-state index contributed by atoms with van der Waals surface area (Å²) in [6.07, 6.45) is 0.345. The van der Waals surface area contributed by atoms with E-state index in [4.69, 9.17) is 14.2 Å². The molecule has 1 aromatic rings. The van der Waals surface area contributed by atoms with Crippen molar-refractivity contribution in [2.24, 2.45) is 0 Å². The summed E-state index contributed by atoms with van der Waals surface area (Å²) in [5.41, 5.74) is 2.07. The number of methoxy groups -OCH3 is 1. The Morgan fingerprint density at radius 3 is 2.53 bits per heavy atom. The summed E-state index contributed by atoms with van der Waals surface area (Å²) in [5, 5.41) is 5.54. The quantitative estimate of drug-likeness (QED) is 0.542. The summed E-state index contributed by atoms with van der Waals surface area (Å²) in [7, 11) is 1.58. The molecule has 4 atom stereocenters. The van der Waals surface area contributed by atoms with Crippen LogP contribution >= 0.6 is 0 Å².